The molecular weight excluding hydrogens is 368 g/mol. The summed E-state index contributed by atoms with van der Waals surface area (Å²) in [6.45, 7) is 4.38. The molecule has 28 heavy (non-hydrogen) atoms. The minimum Gasteiger partial charge on any atom is -0.530 e. The molecule has 4 atom stereocenters. The zero-order valence-corrected chi connectivity index (χ0v) is 16.0. The Labute approximate surface area is 162 Å². The third-order valence-electron chi connectivity index (χ3n) is 6.55. The van der Waals surface area contributed by atoms with Gasteiger partial charge in [0.1, 0.15) is 6.09 Å². The van der Waals surface area contributed by atoms with Crippen molar-refractivity contribution in [1.82, 2.24) is 14.4 Å². The maximum atomic E-state index is 13.5. The highest BCUT2D eigenvalue weighted by molar-refractivity contribution is 5.86. The highest BCUT2D eigenvalue weighted by Crippen LogP contribution is 2.46. The molecule has 0 N–H and O–H groups in total. The number of fused-ring (bicyclic) bond motifs is 2. The number of amides is 2. The van der Waals surface area contributed by atoms with Crippen molar-refractivity contribution in [1.29, 1.82) is 0 Å². The molecule has 4 rings (SSSR count). The van der Waals surface area contributed by atoms with Gasteiger partial charge in [0, 0.05) is 36.9 Å². The number of hydrogen-bond acceptors (Lipinski definition) is 3. The molecule has 3 aliphatic rings. The number of halogens is 2. The number of aryl methyl sites for hydroxylation is 2. The number of rotatable bonds is 4. The summed E-state index contributed by atoms with van der Waals surface area (Å²) in [4.78, 5) is 27.4. The average molecular weight is 392 g/mol. The van der Waals surface area contributed by atoms with Crippen LogP contribution in [0.25, 0.3) is 0 Å². The average Bonchev–Trinajstić information content (AvgIpc) is 3.37. The Morgan fingerprint density at radius 3 is 2.32 bits per heavy atom. The van der Waals surface area contributed by atoms with Crippen molar-refractivity contribution in [2.75, 3.05) is 13.1 Å². The molecule has 1 aliphatic carbocycles. The van der Waals surface area contributed by atoms with E-state index in [0.29, 0.717) is 12.8 Å². The highest BCUT2D eigenvalue weighted by atomic mass is 19.3. The number of nitrogens with zero attached hydrogens (tertiary/aromatic N) is 3. The van der Waals surface area contributed by atoms with E-state index in [-0.39, 0.29) is 37.1 Å². The van der Waals surface area contributed by atoms with E-state index >= 15 is 0 Å². The van der Waals surface area contributed by atoms with Crippen LogP contribution in [-0.4, -0.2) is 58.0 Å². The monoisotopic (exact) mass is 392 g/mol. The fourth-order valence-electron chi connectivity index (χ4n) is 5.28. The summed E-state index contributed by atoms with van der Waals surface area (Å²) in [7, 11) is 0. The van der Waals surface area contributed by atoms with Crippen LogP contribution >= 0.6 is 0 Å². The van der Waals surface area contributed by atoms with Gasteiger partial charge in [-0.25, -0.2) is 8.78 Å². The number of carbonyl (C=O) groups excluding carboxylic acids is 2. The second-order valence-electron chi connectivity index (χ2n) is 8.29. The molecular formula is C20H24F2N3O3-. The third-order valence-corrected chi connectivity index (χ3v) is 6.55. The Bertz CT molecular complexity index is 817. The molecule has 0 spiro atoms. The summed E-state index contributed by atoms with van der Waals surface area (Å²) >= 11 is 0. The topological polar surface area (TPSA) is 68.6 Å². The van der Waals surface area contributed by atoms with Gasteiger partial charge in [-0.05, 0) is 38.8 Å². The predicted octanol–water partition coefficient (Wildman–Crippen LogP) is 1.88. The standard InChI is InChI=1S/C20H25F2N3O3/c1-12-3-4-13(2)25(12)14-5-6-20(8-14,9-17(21)22)18(26)23-10-16-7-15(23)11-24(16)19(27)28/h3-6,14-17H,7-11H2,1-2H3,(H,27,28)/p-1/t14-,15+,16+,20+/m1/s1. The van der Waals surface area contributed by atoms with Crippen molar-refractivity contribution < 1.29 is 23.5 Å². The van der Waals surface area contributed by atoms with Gasteiger partial charge in [0.25, 0.3) is 0 Å². The molecule has 2 bridgehead atoms. The van der Waals surface area contributed by atoms with E-state index in [2.05, 4.69) is 4.57 Å². The lowest BCUT2D eigenvalue weighted by Gasteiger charge is -2.40. The Morgan fingerprint density at radius 2 is 1.79 bits per heavy atom. The lowest BCUT2D eigenvalue weighted by Crippen LogP contribution is -2.56. The first kappa shape index (κ1) is 19.0. The van der Waals surface area contributed by atoms with Gasteiger partial charge in [-0.1, -0.05) is 12.2 Å². The molecule has 0 unspecified atom stereocenters. The maximum Gasteiger partial charge on any atom is 0.240 e. The Balaban J connectivity index is 1.57. The van der Waals surface area contributed by atoms with Gasteiger partial charge in [0.05, 0.1) is 17.5 Å². The minimum absolute atomic E-state index is 0.141. The van der Waals surface area contributed by atoms with Gasteiger partial charge in [-0.2, -0.15) is 0 Å². The maximum absolute atomic E-state index is 13.5. The molecule has 152 valence electrons. The van der Waals surface area contributed by atoms with Gasteiger partial charge >= 0.3 is 0 Å². The molecule has 2 aliphatic heterocycles. The lowest BCUT2D eigenvalue weighted by molar-refractivity contribution is -0.267. The molecule has 3 heterocycles. The number of aromatic nitrogens is 1. The van der Waals surface area contributed by atoms with Crippen molar-refractivity contribution in [3.05, 3.63) is 35.7 Å². The molecule has 6 nitrogen and oxygen atoms in total. The van der Waals surface area contributed by atoms with E-state index in [0.717, 1.165) is 11.4 Å². The SMILES string of the molecule is Cc1ccc(C)n1[C@@H]1C=C[C@](CC(F)F)(C(=O)N2C[C@@H]3C[C@H]2CN3C(=O)[O-])C1. The largest absolute Gasteiger partial charge is 0.530 e. The fourth-order valence-corrected chi connectivity index (χ4v) is 5.28. The minimum atomic E-state index is -2.60. The number of allylic oxidation sites excluding steroid dienone is 1. The zero-order valence-electron chi connectivity index (χ0n) is 16.0. The Kier molecular flexibility index (Phi) is 4.47. The number of hydrogen-bond donors (Lipinski definition) is 0. The fraction of sp³-hybridized carbons (Fsp3) is 0.600. The number of carbonyl (C=O) groups is 2. The van der Waals surface area contributed by atoms with Gasteiger partial charge in [0.15, 0.2) is 0 Å². The second-order valence-corrected chi connectivity index (χ2v) is 8.29. The number of piperazine rings is 1. The summed E-state index contributed by atoms with van der Waals surface area (Å²) < 4.78 is 29.0. The highest BCUT2D eigenvalue weighted by Gasteiger charge is 2.52. The van der Waals surface area contributed by atoms with E-state index < -0.39 is 24.4 Å². The molecule has 0 saturated carbocycles. The summed E-state index contributed by atoms with van der Waals surface area (Å²) in [5.74, 6) is -0.306. The number of carboxylic acid groups (broad SMARTS) is 1. The van der Waals surface area contributed by atoms with Gasteiger partial charge < -0.3 is 24.3 Å². The molecule has 1 aromatic rings. The summed E-state index contributed by atoms with van der Waals surface area (Å²) in [6.07, 6.45) is 0.0178. The third kappa shape index (κ3) is 2.89. The molecule has 1 aromatic heterocycles. The Hall–Kier alpha value is -2.38. The van der Waals surface area contributed by atoms with Crippen molar-refractivity contribution >= 4 is 12.0 Å². The second kappa shape index (κ2) is 6.60. The van der Waals surface area contributed by atoms with Crippen molar-refractivity contribution in [3.8, 4) is 0 Å². The molecule has 2 saturated heterocycles. The van der Waals surface area contributed by atoms with Crippen molar-refractivity contribution in [3.63, 3.8) is 0 Å². The molecule has 2 fully saturated rings. The number of alkyl halides is 2. The zero-order chi connectivity index (χ0) is 20.2. The van der Waals surface area contributed by atoms with Gasteiger partial charge in [-0.15, -0.1) is 0 Å². The van der Waals surface area contributed by atoms with E-state index in [9.17, 15) is 23.5 Å². The van der Waals surface area contributed by atoms with Crippen molar-refractivity contribution in [2.45, 2.75) is 57.7 Å². The van der Waals surface area contributed by atoms with Crippen molar-refractivity contribution in [2.24, 2.45) is 5.41 Å². The van der Waals surface area contributed by atoms with Crippen LogP contribution < -0.4 is 5.11 Å². The van der Waals surface area contributed by atoms with E-state index in [4.69, 9.17) is 0 Å². The summed E-state index contributed by atoms with van der Waals surface area (Å²) in [5, 5.41) is 11.2. The van der Waals surface area contributed by atoms with E-state index in [1.807, 2.05) is 32.1 Å². The van der Waals surface area contributed by atoms with Crippen LogP contribution in [0.4, 0.5) is 13.6 Å². The smallest absolute Gasteiger partial charge is 0.240 e. The van der Waals surface area contributed by atoms with Crippen LogP contribution in [0.1, 0.15) is 36.7 Å². The Morgan fingerprint density at radius 1 is 1.18 bits per heavy atom. The van der Waals surface area contributed by atoms with Crippen LogP contribution in [0.5, 0.6) is 0 Å². The summed E-state index contributed by atoms with van der Waals surface area (Å²) in [6, 6.07) is 3.26. The quantitative estimate of drug-likeness (QED) is 0.735. The lowest BCUT2D eigenvalue weighted by atomic mass is 9.81. The van der Waals surface area contributed by atoms with Crippen LogP contribution in [0.3, 0.4) is 0 Å². The molecule has 8 heteroatoms. The number of likely N-dealkylation sites (tertiary alicyclic amines) is 2. The molecule has 2 amide bonds. The van der Waals surface area contributed by atoms with Crippen LogP contribution in [0, 0.1) is 19.3 Å². The first-order valence-electron chi connectivity index (χ1n) is 9.62. The van der Waals surface area contributed by atoms with Gasteiger partial charge in [-0.3, -0.25) is 4.79 Å². The predicted molar refractivity (Wildman–Crippen MR) is 95.8 cm³/mol. The molecule has 0 radical (unpaired) electrons. The summed E-state index contributed by atoms with van der Waals surface area (Å²) in [5.41, 5.74) is 0.799. The normalized spacial score (nSPS) is 31.4. The van der Waals surface area contributed by atoms with E-state index in [1.54, 1.807) is 11.0 Å². The van der Waals surface area contributed by atoms with Crippen LogP contribution in [-0.2, 0) is 4.79 Å². The first-order valence-corrected chi connectivity index (χ1v) is 9.62. The first-order chi connectivity index (χ1) is 13.2. The molecule has 0 aromatic carbocycles. The van der Waals surface area contributed by atoms with Crippen LogP contribution in [0.15, 0.2) is 24.3 Å². The van der Waals surface area contributed by atoms with Gasteiger partial charge in [0.2, 0.25) is 12.3 Å². The van der Waals surface area contributed by atoms with E-state index in [1.165, 1.54) is 4.90 Å². The van der Waals surface area contributed by atoms with Crippen LogP contribution in [0.2, 0.25) is 0 Å².